The number of anilines is 2. The third-order valence-corrected chi connectivity index (χ3v) is 6.40. The number of nitrogens with one attached hydrogen (secondary N) is 1. The van der Waals surface area contributed by atoms with E-state index >= 15 is 0 Å². The fourth-order valence-electron chi connectivity index (χ4n) is 4.09. The molecule has 37 heavy (non-hydrogen) atoms. The molecule has 0 bridgehead atoms. The molecule has 0 aliphatic heterocycles. The van der Waals surface area contributed by atoms with Gasteiger partial charge in [0.15, 0.2) is 5.82 Å². The van der Waals surface area contributed by atoms with Gasteiger partial charge in [0.25, 0.3) is 11.8 Å². The molecule has 3 aromatic carbocycles. The Morgan fingerprint density at radius 1 is 0.892 bits per heavy atom. The average Bonchev–Trinajstić information content (AvgIpc) is 2.93. The summed E-state index contributed by atoms with van der Waals surface area (Å²) in [5, 5.41) is 2.92. The maximum absolute atomic E-state index is 13.2. The first-order valence-electron chi connectivity index (χ1n) is 12.4. The Morgan fingerprint density at radius 3 is 2.16 bits per heavy atom. The predicted octanol–water partition coefficient (Wildman–Crippen LogP) is 5.47. The number of ether oxygens (including phenoxy) is 1. The Morgan fingerprint density at radius 2 is 1.54 bits per heavy atom. The van der Waals surface area contributed by atoms with E-state index < -0.39 is 0 Å². The molecule has 4 rings (SSSR count). The first-order valence-corrected chi connectivity index (χ1v) is 12.4. The molecule has 8 heteroatoms. The Hall–Kier alpha value is -4.04. The lowest BCUT2D eigenvalue weighted by molar-refractivity contribution is 0.102. The van der Waals surface area contributed by atoms with E-state index in [-0.39, 0.29) is 11.7 Å². The molecular formula is C29H32FN5O2. The topological polar surface area (TPSA) is 70.6 Å². The molecule has 0 aliphatic rings. The summed E-state index contributed by atoms with van der Waals surface area (Å²) in [6, 6.07) is 18.9. The molecule has 0 fully saturated rings. The van der Waals surface area contributed by atoms with Crippen LogP contribution < -0.4 is 15.0 Å². The van der Waals surface area contributed by atoms with Crippen LogP contribution in [-0.4, -0.2) is 61.1 Å². The van der Waals surface area contributed by atoms with Crippen LogP contribution in [0.15, 0.2) is 66.7 Å². The number of amides is 1. The smallest absolute Gasteiger partial charge is 0.257 e. The zero-order chi connectivity index (χ0) is 26.4. The van der Waals surface area contributed by atoms with Gasteiger partial charge in [0.1, 0.15) is 5.82 Å². The minimum atomic E-state index is -0.282. The highest BCUT2D eigenvalue weighted by Gasteiger charge is 2.15. The Kier molecular flexibility index (Phi) is 8.30. The van der Waals surface area contributed by atoms with Crippen LogP contribution in [0.1, 0.15) is 24.2 Å². The quantitative estimate of drug-likeness (QED) is 0.311. The van der Waals surface area contributed by atoms with Gasteiger partial charge in [0.05, 0.1) is 18.1 Å². The van der Waals surface area contributed by atoms with Crippen LogP contribution in [0.4, 0.5) is 15.9 Å². The fraction of sp³-hybridized carbons (Fsp3) is 0.276. The van der Waals surface area contributed by atoms with Crippen molar-refractivity contribution < 1.29 is 13.9 Å². The zero-order valence-corrected chi connectivity index (χ0v) is 21.7. The van der Waals surface area contributed by atoms with Gasteiger partial charge in [-0.1, -0.05) is 38.1 Å². The maximum Gasteiger partial charge on any atom is 0.257 e. The maximum atomic E-state index is 13.2. The van der Waals surface area contributed by atoms with Crippen molar-refractivity contribution in [3.63, 3.8) is 0 Å². The molecular weight excluding hydrogens is 469 g/mol. The molecule has 0 radical (unpaired) electrons. The average molecular weight is 502 g/mol. The standard InChI is InChI=1S/C29H32FN5O2/c1-5-35(6-2)18-17-34(3)27-29(37-4)33-26-19-24(15-16-25(26)32-27)31-28(36)22-9-7-20(8-10-22)21-11-13-23(30)14-12-21/h7-16,19H,5-6,17-18H2,1-4H3,(H,31,36). The Labute approximate surface area is 216 Å². The van der Waals surface area contributed by atoms with Crippen molar-refractivity contribution in [2.24, 2.45) is 0 Å². The molecule has 192 valence electrons. The summed E-state index contributed by atoms with van der Waals surface area (Å²) in [6.45, 7) is 8.02. The van der Waals surface area contributed by atoms with Crippen molar-refractivity contribution in [1.82, 2.24) is 14.9 Å². The van der Waals surface area contributed by atoms with Gasteiger partial charge in [-0.3, -0.25) is 4.79 Å². The number of nitrogens with zero attached hydrogens (tertiary/aromatic N) is 4. The zero-order valence-electron chi connectivity index (χ0n) is 21.7. The number of likely N-dealkylation sites (N-methyl/N-ethyl adjacent to an activating group) is 2. The lowest BCUT2D eigenvalue weighted by Crippen LogP contribution is -2.33. The van der Waals surface area contributed by atoms with Gasteiger partial charge in [-0.05, 0) is 66.7 Å². The SMILES string of the molecule is CCN(CC)CCN(C)c1nc2ccc(NC(=O)c3ccc(-c4ccc(F)cc4)cc3)cc2nc1OC. The molecule has 1 aromatic heterocycles. The van der Waals surface area contributed by atoms with Crippen LogP contribution in [0, 0.1) is 5.82 Å². The minimum absolute atomic E-state index is 0.238. The van der Waals surface area contributed by atoms with E-state index in [1.165, 1.54) is 12.1 Å². The minimum Gasteiger partial charge on any atom is -0.478 e. The van der Waals surface area contributed by atoms with Crippen molar-refractivity contribution in [2.45, 2.75) is 13.8 Å². The monoisotopic (exact) mass is 501 g/mol. The normalized spacial score (nSPS) is 11.1. The fourth-order valence-corrected chi connectivity index (χ4v) is 4.09. The Bertz CT molecular complexity index is 1360. The molecule has 0 aliphatic carbocycles. The van der Waals surface area contributed by atoms with Gasteiger partial charge in [-0.15, -0.1) is 0 Å². The second kappa shape index (κ2) is 11.8. The summed E-state index contributed by atoms with van der Waals surface area (Å²) in [5.74, 6) is 0.600. The number of aromatic nitrogens is 2. The number of benzene rings is 3. The van der Waals surface area contributed by atoms with Gasteiger partial charge in [0, 0.05) is 31.4 Å². The van der Waals surface area contributed by atoms with E-state index in [1.807, 2.05) is 31.3 Å². The molecule has 0 atom stereocenters. The molecule has 4 aromatic rings. The summed E-state index contributed by atoms with van der Waals surface area (Å²) in [4.78, 5) is 26.7. The van der Waals surface area contributed by atoms with Crippen LogP contribution in [0.25, 0.3) is 22.2 Å². The van der Waals surface area contributed by atoms with E-state index in [4.69, 9.17) is 9.72 Å². The van der Waals surface area contributed by atoms with Crippen molar-refractivity contribution in [2.75, 3.05) is 50.6 Å². The molecule has 0 saturated carbocycles. The predicted molar refractivity (Wildman–Crippen MR) is 147 cm³/mol. The van der Waals surface area contributed by atoms with Crippen molar-refractivity contribution >= 4 is 28.4 Å². The van der Waals surface area contributed by atoms with Gasteiger partial charge in [0.2, 0.25) is 0 Å². The molecule has 1 amide bonds. The number of hydrogen-bond donors (Lipinski definition) is 1. The molecule has 0 spiro atoms. The van der Waals surface area contributed by atoms with E-state index in [0.717, 1.165) is 37.3 Å². The number of rotatable bonds is 10. The van der Waals surface area contributed by atoms with Crippen molar-refractivity contribution in [1.29, 1.82) is 0 Å². The lowest BCUT2D eigenvalue weighted by atomic mass is 10.0. The summed E-state index contributed by atoms with van der Waals surface area (Å²) in [6.07, 6.45) is 0. The number of fused-ring (bicyclic) bond motifs is 1. The third-order valence-electron chi connectivity index (χ3n) is 6.40. The molecule has 1 N–H and O–H groups in total. The first-order chi connectivity index (χ1) is 17.9. The number of carbonyl (C=O) groups excluding carboxylic acids is 1. The van der Waals surface area contributed by atoms with Gasteiger partial charge < -0.3 is 19.9 Å². The Balaban J connectivity index is 1.49. The summed E-state index contributed by atoms with van der Waals surface area (Å²) in [7, 11) is 3.57. The van der Waals surface area contributed by atoms with Gasteiger partial charge in [-0.2, -0.15) is 0 Å². The van der Waals surface area contributed by atoms with E-state index in [9.17, 15) is 9.18 Å². The molecule has 0 unspecified atom stereocenters. The van der Waals surface area contributed by atoms with Crippen molar-refractivity contribution in [3.8, 4) is 17.0 Å². The number of hydrogen-bond acceptors (Lipinski definition) is 6. The van der Waals surface area contributed by atoms with Crippen LogP contribution >= 0.6 is 0 Å². The largest absolute Gasteiger partial charge is 0.478 e. The highest BCUT2D eigenvalue weighted by molar-refractivity contribution is 6.05. The highest BCUT2D eigenvalue weighted by Crippen LogP contribution is 2.28. The van der Waals surface area contributed by atoms with Crippen LogP contribution in [-0.2, 0) is 0 Å². The van der Waals surface area contributed by atoms with E-state index in [2.05, 4.69) is 33.9 Å². The summed E-state index contributed by atoms with van der Waals surface area (Å²) < 4.78 is 18.7. The summed E-state index contributed by atoms with van der Waals surface area (Å²) in [5.41, 5.74) is 4.25. The van der Waals surface area contributed by atoms with Crippen LogP contribution in [0.5, 0.6) is 5.88 Å². The number of halogens is 1. The third kappa shape index (κ3) is 6.21. The lowest BCUT2D eigenvalue weighted by Gasteiger charge is -2.24. The van der Waals surface area contributed by atoms with E-state index in [0.29, 0.717) is 34.0 Å². The van der Waals surface area contributed by atoms with E-state index in [1.54, 1.807) is 37.4 Å². The second-order valence-corrected chi connectivity index (χ2v) is 8.75. The van der Waals surface area contributed by atoms with Gasteiger partial charge >= 0.3 is 0 Å². The highest BCUT2D eigenvalue weighted by atomic mass is 19.1. The van der Waals surface area contributed by atoms with Gasteiger partial charge in [-0.25, -0.2) is 14.4 Å². The van der Waals surface area contributed by atoms with Crippen LogP contribution in [0.2, 0.25) is 0 Å². The molecule has 7 nitrogen and oxygen atoms in total. The molecule has 1 heterocycles. The summed E-state index contributed by atoms with van der Waals surface area (Å²) >= 11 is 0. The molecule has 0 saturated heterocycles. The first kappa shape index (κ1) is 26.0. The number of methoxy groups -OCH3 is 1. The second-order valence-electron chi connectivity index (χ2n) is 8.75. The number of carbonyl (C=O) groups is 1. The van der Waals surface area contributed by atoms with Crippen LogP contribution in [0.3, 0.4) is 0 Å². The van der Waals surface area contributed by atoms with Crippen molar-refractivity contribution in [3.05, 3.63) is 78.1 Å².